The van der Waals surface area contributed by atoms with Gasteiger partial charge in [-0.1, -0.05) is 5.56 Å². The third-order valence-corrected chi connectivity index (χ3v) is 1.55. The van der Waals surface area contributed by atoms with Crippen molar-refractivity contribution in [3.63, 3.8) is 0 Å². The Bertz CT molecular complexity index is 302. The van der Waals surface area contributed by atoms with E-state index in [1.807, 2.05) is 30.3 Å². The largest absolute Gasteiger partial charge is 2.00 e. The maximum atomic E-state index is 11.6. The van der Waals surface area contributed by atoms with E-state index in [9.17, 15) is 13.2 Å². The molecule has 15 heavy (non-hydrogen) atoms. The van der Waals surface area contributed by atoms with Crippen LogP contribution >= 0.6 is 0 Å². The van der Waals surface area contributed by atoms with Gasteiger partial charge in [-0.25, -0.2) is 18.2 Å². The molecule has 0 aliphatic heterocycles. The maximum Gasteiger partial charge on any atom is 2.00 e. The van der Waals surface area contributed by atoms with Crippen LogP contribution in [-0.2, 0) is 23.2 Å². The summed E-state index contributed by atoms with van der Waals surface area (Å²) in [6.45, 7) is 0. The van der Waals surface area contributed by atoms with E-state index < -0.39 is 11.7 Å². The zero-order chi connectivity index (χ0) is 10.4. The Morgan fingerprint density at radius 2 is 1.53 bits per heavy atom. The van der Waals surface area contributed by atoms with E-state index in [1.165, 1.54) is 12.1 Å². The number of hydrogen-bond donors (Lipinski definition) is 0. The molecule has 0 radical (unpaired) electrons. The Morgan fingerprint density at radius 1 is 0.933 bits per heavy atom. The Balaban J connectivity index is 0.000000280. The van der Waals surface area contributed by atoms with Crippen LogP contribution in [0.4, 0.5) is 13.2 Å². The summed E-state index contributed by atoms with van der Waals surface area (Å²) >= 11 is 0. The third-order valence-electron chi connectivity index (χ3n) is 1.55. The monoisotopic (exact) mass is 254 g/mol. The fraction of sp³-hybridized carbons (Fsp3) is 0.0909. The average molecular weight is 254 g/mol. The molecule has 82 valence electrons. The summed E-state index contributed by atoms with van der Waals surface area (Å²) < 4.78 is 34.9. The second-order valence-electron chi connectivity index (χ2n) is 2.63. The molecule has 0 aliphatic carbocycles. The molecule has 0 heterocycles. The van der Waals surface area contributed by atoms with Crippen molar-refractivity contribution in [3.8, 4) is 0 Å². The van der Waals surface area contributed by atoms with Crippen LogP contribution in [0.1, 0.15) is 5.56 Å². The molecule has 0 saturated carbocycles. The zero-order valence-electron chi connectivity index (χ0n) is 7.68. The average Bonchev–Trinajstić information content (AvgIpc) is 2.80. The molecular weight excluding hydrogens is 245 g/mol. The smallest absolute Gasteiger partial charge is 0.214 e. The van der Waals surface area contributed by atoms with Gasteiger partial charge in [0, 0.05) is 0 Å². The SMILES string of the molecule is FC(F)(F)c1cc[cH-]c1.[Fe+2].c1cc[cH-]c1. The second-order valence-corrected chi connectivity index (χ2v) is 2.63. The Kier molecular flexibility index (Phi) is 6.06. The van der Waals surface area contributed by atoms with Crippen LogP contribution in [0.15, 0.2) is 54.6 Å². The van der Waals surface area contributed by atoms with Gasteiger partial charge in [0.1, 0.15) is 0 Å². The Labute approximate surface area is 96.9 Å². The molecule has 0 nitrogen and oxygen atoms in total. The van der Waals surface area contributed by atoms with Gasteiger partial charge in [0.2, 0.25) is 0 Å². The number of alkyl halides is 3. The van der Waals surface area contributed by atoms with Crippen molar-refractivity contribution in [3.05, 3.63) is 60.2 Å². The normalized spacial score (nSPS) is 9.80. The summed E-state index contributed by atoms with van der Waals surface area (Å²) in [5.74, 6) is 0. The fourth-order valence-electron chi connectivity index (χ4n) is 0.884. The minimum absolute atomic E-state index is 0. The van der Waals surface area contributed by atoms with Crippen LogP contribution in [0.25, 0.3) is 0 Å². The van der Waals surface area contributed by atoms with Gasteiger partial charge >= 0.3 is 23.2 Å². The summed E-state index contributed by atoms with van der Waals surface area (Å²) in [5, 5.41) is 0. The molecule has 0 spiro atoms. The van der Waals surface area contributed by atoms with Crippen LogP contribution in [0.2, 0.25) is 0 Å². The van der Waals surface area contributed by atoms with E-state index in [0.29, 0.717) is 0 Å². The van der Waals surface area contributed by atoms with Gasteiger partial charge in [-0.15, -0.1) is 0 Å². The van der Waals surface area contributed by atoms with Crippen molar-refractivity contribution in [2.24, 2.45) is 0 Å². The molecule has 0 atom stereocenters. The van der Waals surface area contributed by atoms with Crippen LogP contribution in [-0.4, -0.2) is 0 Å². The van der Waals surface area contributed by atoms with Crippen molar-refractivity contribution in [1.29, 1.82) is 0 Å². The summed E-state index contributed by atoms with van der Waals surface area (Å²) in [7, 11) is 0. The fourth-order valence-corrected chi connectivity index (χ4v) is 0.884. The predicted octanol–water partition coefficient (Wildman–Crippen LogP) is 3.83. The maximum absolute atomic E-state index is 11.6. The van der Waals surface area contributed by atoms with Crippen LogP contribution in [0.3, 0.4) is 0 Å². The van der Waals surface area contributed by atoms with Crippen LogP contribution in [0.5, 0.6) is 0 Å². The summed E-state index contributed by atoms with van der Waals surface area (Å²) in [6.07, 6.45) is -4.18. The van der Waals surface area contributed by atoms with E-state index >= 15 is 0 Å². The minimum Gasteiger partial charge on any atom is -0.214 e. The van der Waals surface area contributed by atoms with Crippen LogP contribution in [0, 0.1) is 0 Å². The minimum atomic E-state index is -4.18. The van der Waals surface area contributed by atoms with Gasteiger partial charge in [-0.3, -0.25) is 0 Å². The molecular formula is C11H9F3Fe. The van der Waals surface area contributed by atoms with E-state index in [-0.39, 0.29) is 17.1 Å². The van der Waals surface area contributed by atoms with Gasteiger partial charge in [-0.2, -0.15) is 49.6 Å². The van der Waals surface area contributed by atoms with Crippen molar-refractivity contribution in [2.45, 2.75) is 6.18 Å². The molecule has 0 bridgehead atoms. The molecule has 2 aromatic carbocycles. The van der Waals surface area contributed by atoms with E-state index in [1.54, 1.807) is 0 Å². The van der Waals surface area contributed by atoms with Gasteiger partial charge in [0.15, 0.2) is 0 Å². The van der Waals surface area contributed by atoms with Gasteiger partial charge < -0.3 is 0 Å². The van der Waals surface area contributed by atoms with Crippen molar-refractivity contribution >= 4 is 0 Å². The molecule has 0 N–H and O–H groups in total. The second kappa shape index (κ2) is 6.49. The number of hydrogen-bond acceptors (Lipinski definition) is 0. The Hall–Kier alpha value is -0.991. The predicted molar refractivity (Wildman–Crippen MR) is 49.1 cm³/mol. The van der Waals surface area contributed by atoms with Gasteiger partial charge in [-0.05, 0) is 0 Å². The molecule has 0 fully saturated rings. The van der Waals surface area contributed by atoms with Gasteiger partial charge in [0.05, 0.1) is 0 Å². The van der Waals surface area contributed by atoms with E-state index in [2.05, 4.69) is 0 Å². The molecule has 0 unspecified atom stereocenters. The standard InChI is InChI=1S/C6H4F3.C5H5.Fe/c7-6(8,9)5-3-1-2-4-5;1-2-4-5-3-1;/h1-4H;1-5H;/q2*-1;+2. The number of rotatable bonds is 0. The Morgan fingerprint density at radius 3 is 1.73 bits per heavy atom. The first-order valence-corrected chi connectivity index (χ1v) is 4.06. The van der Waals surface area contributed by atoms with Crippen molar-refractivity contribution in [2.75, 3.05) is 0 Å². The molecule has 2 aromatic rings. The van der Waals surface area contributed by atoms with Crippen molar-refractivity contribution < 1.29 is 30.2 Å². The molecule has 0 saturated heterocycles. The summed E-state index contributed by atoms with van der Waals surface area (Å²) in [5.41, 5.74) is -0.581. The summed E-state index contributed by atoms with van der Waals surface area (Å²) in [6, 6.07) is 14.8. The summed E-state index contributed by atoms with van der Waals surface area (Å²) in [4.78, 5) is 0. The van der Waals surface area contributed by atoms with Gasteiger partial charge in [0.25, 0.3) is 0 Å². The van der Waals surface area contributed by atoms with Crippen LogP contribution < -0.4 is 0 Å². The number of halogens is 3. The first-order valence-electron chi connectivity index (χ1n) is 4.06. The molecule has 0 aromatic heterocycles. The topological polar surface area (TPSA) is 0 Å². The van der Waals surface area contributed by atoms with E-state index in [0.717, 1.165) is 12.1 Å². The quantitative estimate of drug-likeness (QED) is 0.495. The molecule has 4 heteroatoms. The third kappa shape index (κ3) is 5.45. The first kappa shape index (κ1) is 14.0. The first-order chi connectivity index (χ1) is 6.61. The molecule has 0 aliphatic rings. The zero-order valence-corrected chi connectivity index (χ0v) is 8.79. The molecule has 2 rings (SSSR count). The molecule has 0 amide bonds. The van der Waals surface area contributed by atoms with Crippen molar-refractivity contribution in [1.82, 2.24) is 0 Å². The van der Waals surface area contributed by atoms with E-state index in [4.69, 9.17) is 0 Å².